The van der Waals surface area contributed by atoms with Gasteiger partial charge in [-0.05, 0) is 36.8 Å². The van der Waals surface area contributed by atoms with Gasteiger partial charge in [-0.3, -0.25) is 19.0 Å². The molecule has 10 nitrogen and oxygen atoms in total. The lowest BCUT2D eigenvalue weighted by Gasteiger charge is -2.21. The molecule has 0 unspecified atom stereocenters. The maximum absolute atomic E-state index is 12.8. The second-order valence-electron chi connectivity index (χ2n) is 7.71. The molecule has 0 aliphatic heterocycles. The third-order valence-corrected chi connectivity index (χ3v) is 5.56. The molecule has 0 radical (unpaired) electrons. The SMILES string of the molecule is CCN(Cc1ccc(OC)c(OC)c1)C(=O)COC(=O)Cn1cnc2c(oc3ccccc32)c1=O. The van der Waals surface area contributed by atoms with Crippen molar-refractivity contribution >= 4 is 33.9 Å². The average Bonchev–Trinajstić information content (AvgIpc) is 3.26. The van der Waals surface area contributed by atoms with Gasteiger partial charge < -0.3 is 23.5 Å². The van der Waals surface area contributed by atoms with Gasteiger partial charge in [-0.1, -0.05) is 18.2 Å². The first-order valence-corrected chi connectivity index (χ1v) is 11.0. The van der Waals surface area contributed by atoms with E-state index < -0.39 is 24.7 Å². The van der Waals surface area contributed by atoms with Gasteiger partial charge in [-0.2, -0.15) is 0 Å². The molecule has 0 fully saturated rings. The van der Waals surface area contributed by atoms with Crippen LogP contribution in [-0.2, 0) is 27.4 Å². The number of rotatable bonds is 9. The zero-order valence-corrected chi connectivity index (χ0v) is 19.6. The van der Waals surface area contributed by atoms with Crippen LogP contribution in [0.15, 0.2) is 58.0 Å². The monoisotopic (exact) mass is 479 g/mol. The molecule has 35 heavy (non-hydrogen) atoms. The lowest BCUT2D eigenvalue weighted by molar-refractivity contribution is -0.152. The van der Waals surface area contributed by atoms with Crippen LogP contribution in [0.3, 0.4) is 0 Å². The summed E-state index contributed by atoms with van der Waals surface area (Å²) >= 11 is 0. The first-order valence-electron chi connectivity index (χ1n) is 11.0. The summed E-state index contributed by atoms with van der Waals surface area (Å²) in [6.07, 6.45) is 1.27. The average molecular weight is 479 g/mol. The van der Waals surface area contributed by atoms with Gasteiger partial charge in [0.2, 0.25) is 5.58 Å². The van der Waals surface area contributed by atoms with Crippen molar-refractivity contribution in [2.75, 3.05) is 27.4 Å². The quantitative estimate of drug-likeness (QED) is 0.337. The van der Waals surface area contributed by atoms with E-state index in [9.17, 15) is 14.4 Å². The Kier molecular flexibility index (Phi) is 7.00. The Morgan fingerprint density at radius 3 is 2.60 bits per heavy atom. The zero-order chi connectivity index (χ0) is 24.9. The van der Waals surface area contributed by atoms with E-state index in [4.69, 9.17) is 18.6 Å². The van der Waals surface area contributed by atoms with Crippen molar-refractivity contribution < 1.29 is 28.2 Å². The summed E-state index contributed by atoms with van der Waals surface area (Å²) in [5.41, 5.74) is 1.36. The summed E-state index contributed by atoms with van der Waals surface area (Å²) in [6.45, 7) is 1.70. The van der Waals surface area contributed by atoms with Crippen LogP contribution in [0.1, 0.15) is 12.5 Å². The van der Waals surface area contributed by atoms with E-state index in [1.54, 1.807) is 42.3 Å². The molecule has 0 N–H and O–H groups in total. The van der Waals surface area contributed by atoms with Crippen molar-refractivity contribution in [1.82, 2.24) is 14.5 Å². The molecular formula is C25H25N3O7. The van der Waals surface area contributed by atoms with E-state index in [1.165, 1.54) is 13.4 Å². The first-order chi connectivity index (χ1) is 16.9. The maximum atomic E-state index is 12.8. The second kappa shape index (κ2) is 10.3. The van der Waals surface area contributed by atoms with Crippen LogP contribution < -0.4 is 15.0 Å². The van der Waals surface area contributed by atoms with Gasteiger partial charge in [0.05, 0.1) is 20.5 Å². The molecule has 2 heterocycles. The third kappa shape index (κ3) is 4.96. The number of likely N-dealkylation sites (N-methyl/N-ethyl adjacent to an activating group) is 1. The molecule has 2 aromatic carbocycles. The van der Waals surface area contributed by atoms with Crippen molar-refractivity contribution in [1.29, 1.82) is 0 Å². The van der Waals surface area contributed by atoms with Gasteiger partial charge >= 0.3 is 5.97 Å². The van der Waals surface area contributed by atoms with Gasteiger partial charge in [-0.25, -0.2) is 4.98 Å². The highest BCUT2D eigenvalue weighted by Crippen LogP contribution is 2.28. The molecule has 0 saturated carbocycles. The number of esters is 1. The normalized spacial score (nSPS) is 10.9. The molecule has 0 aliphatic carbocycles. The molecule has 0 bridgehead atoms. The van der Waals surface area contributed by atoms with E-state index in [0.29, 0.717) is 41.1 Å². The topological polar surface area (TPSA) is 113 Å². The van der Waals surface area contributed by atoms with Crippen LogP contribution in [0.25, 0.3) is 22.1 Å². The number of nitrogens with zero attached hydrogens (tertiary/aromatic N) is 3. The molecule has 182 valence electrons. The van der Waals surface area contributed by atoms with Crippen LogP contribution in [0, 0.1) is 0 Å². The molecule has 4 rings (SSSR count). The largest absolute Gasteiger partial charge is 0.493 e. The third-order valence-electron chi connectivity index (χ3n) is 5.56. The van der Waals surface area contributed by atoms with Crippen molar-refractivity contribution in [3.05, 3.63) is 64.7 Å². The Morgan fingerprint density at radius 2 is 1.86 bits per heavy atom. The number of ether oxygens (including phenoxy) is 3. The number of amides is 1. The minimum Gasteiger partial charge on any atom is -0.493 e. The second-order valence-corrected chi connectivity index (χ2v) is 7.71. The fourth-order valence-corrected chi connectivity index (χ4v) is 3.72. The van der Waals surface area contributed by atoms with Crippen molar-refractivity contribution in [3.63, 3.8) is 0 Å². The molecule has 1 amide bonds. The Bertz CT molecular complexity index is 1440. The lowest BCUT2D eigenvalue weighted by atomic mass is 10.2. The molecule has 0 spiro atoms. The highest BCUT2D eigenvalue weighted by atomic mass is 16.5. The number of carbonyl (C=O) groups is 2. The molecule has 2 aromatic heterocycles. The predicted molar refractivity (Wildman–Crippen MR) is 127 cm³/mol. The van der Waals surface area contributed by atoms with E-state index in [2.05, 4.69) is 4.98 Å². The number of hydrogen-bond donors (Lipinski definition) is 0. The van der Waals surface area contributed by atoms with Gasteiger partial charge in [0.15, 0.2) is 18.1 Å². The number of para-hydroxylation sites is 1. The van der Waals surface area contributed by atoms with Gasteiger partial charge in [-0.15, -0.1) is 0 Å². The van der Waals surface area contributed by atoms with E-state index >= 15 is 0 Å². The number of furan rings is 1. The van der Waals surface area contributed by atoms with Gasteiger partial charge in [0.25, 0.3) is 11.5 Å². The standard InChI is InChI=1S/C25H25N3O7/c1-4-27(12-16-9-10-19(32-2)20(11-16)33-3)21(29)14-34-22(30)13-28-15-26-23-17-7-5-6-8-18(17)35-24(23)25(28)31/h5-11,15H,4,12-14H2,1-3H3. The highest BCUT2D eigenvalue weighted by Gasteiger charge is 2.18. The minimum atomic E-state index is -0.736. The Labute approximate surface area is 200 Å². The first kappa shape index (κ1) is 23.8. The fourth-order valence-electron chi connectivity index (χ4n) is 3.72. The summed E-state index contributed by atoms with van der Waals surface area (Å²) in [4.78, 5) is 43.6. The molecule has 0 aliphatic rings. The Morgan fingerprint density at radius 1 is 1.09 bits per heavy atom. The molecule has 10 heteroatoms. The number of benzene rings is 2. The minimum absolute atomic E-state index is 0.0599. The smallest absolute Gasteiger partial charge is 0.326 e. The van der Waals surface area contributed by atoms with Crippen LogP contribution in [0.2, 0.25) is 0 Å². The van der Waals surface area contributed by atoms with Crippen LogP contribution in [0.5, 0.6) is 11.5 Å². The molecule has 0 saturated heterocycles. The van der Waals surface area contributed by atoms with Gasteiger partial charge in [0.1, 0.15) is 17.6 Å². The van der Waals surface area contributed by atoms with Crippen LogP contribution in [0.4, 0.5) is 0 Å². The summed E-state index contributed by atoms with van der Waals surface area (Å²) in [6, 6.07) is 12.5. The molecule has 0 atom stereocenters. The number of hydrogen-bond acceptors (Lipinski definition) is 8. The number of methoxy groups -OCH3 is 2. The summed E-state index contributed by atoms with van der Waals surface area (Å²) < 4.78 is 22.4. The van der Waals surface area contributed by atoms with Gasteiger partial charge in [0, 0.05) is 18.5 Å². The summed E-state index contributed by atoms with van der Waals surface area (Å²) in [7, 11) is 3.09. The number of carbonyl (C=O) groups excluding carboxylic acids is 2. The number of aromatic nitrogens is 2. The summed E-state index contributed by atoms with van der Waals surface area (Å²) in [5, 5.41) is 0.717. The lowest BCUT2D eigenvalue weighted by Crippen LogP contribution is -2.35. The fraction of sp³-hybridized carbons (Fsp3) is 0.280. The predicted octanol–water partition coefficient (Wildman–Crippen LogP) is 2.75. The van der Waals surface area contributed by atoms with Crippen LogP contribution in [-0.4, -0.2) is 53.7 Å². The van der Waals surface area contributed by atoms with Crippen molar-refractivity contribution in [2.45, 2.75) is 20.0 Å². The number of fused-ring (bicyclic) bond motifs is 3. The maximum Gasteiger partial charge on any atom is 0.326 e. The van der Waals surface area contributed by atoms with E-state index in [0.717, 1.165) is 10.1 Å². The Balaban J connectivity index is 1.39. The highest BCUT2D eigenvalue weighted by molar-refractivity contribution is 6.01. The summed E-state index contributed by atoms with van der Waals surface area (Å²) in [5.74, 6) is 0.0410. The zero-order valence-electron chi connectivity index (χ0n) is 19.6. The van der Waals surface area contributed by atoms with E-state index in [-0.39, 0.29) is 11.5 Å². The Hall–Kier alpha value is -4.34. The molecular weight excluding hydrogens is 454 g/mol. The van der Waals surface area contributed by atoms with E-state index in [1.807, 2.05) is 19.1 Å². The van der Waals surface area contributed by atoms with Crippen LogP contribution >= 0.6 is 0 Å². The van der Waals surface area contributed by atoms with Crippen molar-refractivity contribution in [2.24, 2.45) is 0 Å². The molecule has 4 aromatic rings. The van der Waals surface area contributed by atoms with Crippen molar-refractivity contribution in [3.8, 4) is 11.5 Å².